The van der Waals surface area contributed by atoms with Crippen LogP contribution in [0.15, 0.2) is 24.3 Å². The van der Waals surface area contributed by atoms with Crippen molar-refractivity contribution in [2.24, 2.45) is 0 Å². The van der Waals surface area contributed by atoms with Crippen molar-refractivity contribution in [1.29, 1.82) is 0 Å². The van der Waals surface area contributed by atoms with Crippen molar-refractivity contribution in [2.75, 3.05) is 6.54 Å². The van der Waals surface area contributed by atoms with E-state index >= 15 is 0 Å². The van der Waals surface area contributed by atoms with Crippen LogP contribution in [0.3, 0.4) is 0 Å². The minimum Gasteiger partial charge on any atom is -0.305 e. The van der Waals surface area contributed by atoms with Crippen molar-refractivity contribution in [3.63, 3.8) is 0 Å². The van der Waals surface area contributed by atoms with Crippen LogP contribution in [0.25, 0.3) is 0 Å². The van der Waals surface area contributed by atoms with Crippen LogP contribution in [0.1, 0.15) is 43.3 Å². The highest BCUT2D eigenvalue weighted by Crippen LogP contribution is 2.33. The molecular formula is C16H21Cl2N3. The molecular weight excluding hydrogens is 305 g/mol. The molecule has 0 spiro atoms. The summed E-state index contributed by atoms with van der Waals surface area (Å²) >= 11 is 12.6. The molecule has 1 aromatic carbocycles. The number of rotatable bonds is 6. The Hall–Kier alpha value is -1.03. The molecule has 0 bridgehead atoms. The second-order valence-corrected chi connectivity index (χ2v) is 5.84. The Kier molecular flexibility index (Phi) is 5.68. The van der Waals surface area contributed by atoms with E-state index in [0.717, 1.165) is 36.5 Å². The van der Waals surface area contributed by atoms with Gasteiger partial charge in [-0.25, -0.2) is 0 Å². The topological polar surface area (TPSA) is 29.9 Å². The Morgan fingerprint density at radius 3 is 2.71 bits per heavy atom. The van der Waals surface area contributed by atoms with Gasteiger partial charge in [0, 0.05) is 6.54 Å². The Bertz CT molecular complexity index is 608. The molecule has 1 heterocycles. The van der Waals surface area contributed by atoms with Crippen molar-refractivity contribution in [2.45, 2.75) is 39.8 Å². The molecule has 1 N–H and O–H groups in total. The smallest absolute Gasteiger partial charge is 0.0763 e. The molecule has 0 radical (unpaired) electrons. The van der Waals surface area contributed by atoms with E-state index in [0.29, 0.717) is 10.0 Å². The molecule has 0 saturated heterocycles. The summed E-state index contributed by atoms with van der Waals surface area (Å²) in [5.41, 5.74) is 3.12. The van der Waals surface area contributed by atoms with Crippen LogP contribution in [-0.4, -0.2) is 16.3 Å². The predicted octanol–water partition coefficient (Wildman–Crippen LogP) is 4.61. The Morgan fingerprint density at radius 2 is 2.05 bits per heavy atom. The summed E-state index contributed by atoms with van der Waals surface area (Å²) < 4.78 is 2.01. The maximum absolute atomic E-state index is 6.42. The molecule has 0 aliphatic rings. The van der Waals surface area contributed by atoms with Crippen LogP contribution in [0.4, 0.5) is 0 Å². The summed E-state index contributed by atoms with van der Waals surface area (Å²) in [6.07, 6.45) is 1.05. The molecule has 2 aromatic rings. The van der Waals surface area contributed by atoms with Crippen LogP contribution in [0.2, 0.25) is 10.0 Å². The number of hydrogen-bond donors (Lipinski definition) is 1. The maximum atomic E-state index is 6.42. The Morgan fingerprint density at radius 1 is 1.29 bits per heavy atom. The number of aromatic nitrogens is 2. The Balaban J connectivity index is 2.49. The van der Waals surface area contributed by atoms with E-state index in [1.54, 1.807) is 0 Å². The van der Waals surface area contributed by atoms with Crippen molar-refractivity contribution < 1.29 is 0 Å². The van der Waals surface area contributed by atoms with Crippen LogP contribution in [0, 0.1) is 6.92 Å². The third-order valence-corrected chi connectivity index (χ3v) is 4.25. The Labute approximate surface area is 136 Å². The van der Waals surface area contributed by atoms with Crippen molar-refractivity contribution >= 4 is 23.2 Å². The van der Waals surface area contributed by atoms with Gasteiger partial charge in [-0.3, -0.25) is 4.68 Å². The summed E-state index contributed by atoms with van der Waals surface area (Å²) in [5.74, 6) is 0. The molecule has 0 saturated carbocycles. The number of nitrogens with zero attached hydrogens (tertiary/aromatic N) is 2. The fourth-order valence-corrected chi connectivity index (χ4v) is 2.87. The molecule has 0 fully saturated rings. The van der Waals surface area contributed by atoms with Gasteiger partial charge in [0.05, 0.1) is 27.5 Å². The maximum Gasteiger partial charge on any atom is 0.0763 e. The van der Waals surface area contributed by atoms with Gasteiger partial charge in [-0.1, -0.05) is 42.3 Å². The van der Waals surface area contributed by atoms with Crippen molar-refractivity contribution in [1.82, 2.24) is 15.1 Å². The monoisotopic (exact) mass is 325 g/mol. The number of benzene rings is 1. The van der Waals surface area contributed by atoms with Crippen molar-refractivity contribution in [3.05, 3.63) is 51.3 Å². The molecule has 1 atom stereocenters. The van der Waals surface area contributed by atoms with Crippen molar-refractivity contribution in [3.8, 4) is 0 Å². The molecule has 3 nitrogen and oxygen atoms in total. The first-order chi connectivity index (χ1) is 10.1. The van der Waals surface area contributed by atoms with Crippen LogP contribution in [-0.2, 0) is 6.54 Å². The van der Waals surface area contributed by atoms with Gasteiger partial charge in [0.15, 0.2) is 0 Å². The van der Waals surface area contributed by atoms with Crippen LogP contribution >= 0.6 is 23.2 Å². The van der Waals surface area contributed by atoms with E-state index in [1.165, 1.54) is 0 Å². The average molecular weight is 326 g/mol. The lowest BCUT2D eigenvalue weighted by Crippen LogP contribution is -2.26. The standard InChI is InChI=1S/C16H21Cl2N3/c1-4-9-19-16(12-7-6-8-13(17)15(12)18)14-10-11(3)20-21(14)5-2/h6-8,10,16,19H,4-5,9H2,1-3H3. The average Bonchev–Trinajstić information content (AvgIpc) is 2.84. The van der Waals surface area contributed by atoms with Gasteiger partial charge in [0.2, 0.25) is 0 Å². The van der Waals surface area contributed by atoms with E-state index in [2.05, 4.69) is 30.3 Å². The molecule has 21 heavy (non-hydrogen) atoms. The third kappa shape index (κ3) is 3.60. The highest BCUT2D eigenvalue weighted by atomic mass is 35.5. The highest BCUT2D eigenvalue weighted by molar-refractivity contribution is 6.42. The normalized spacial score (nSPS) is 12.6. The zero-order valence-corrected chi connectivity index (χ0v) is 14.2. The van der Waals surface area contributed by atoms with E-state index in [9.17, 15) is 0 Å². The largest absolute Gasteiger partial charge is 0.305 e. The van der Waals surface area contributed by atoms with E-state index in [-0.39, 0.29) is 6.04 Å². The zero-order valence-electron chi connectivity index (χ0n) is 12.7. The summed E-state index contributed by atoms with van der Waals surface area (Å²) in [4.78, 5) is 0. The second-order valence-electron chi connectivity index (χ2n) is 5.06. The molecule has 5 heteroatoms. The lowest BCUT2D eigenvalue weighted by Gasteiger charge is -2.21. The van der Waals surface area contributed by atoms with E-state index in [4.69, 9.17) is 23.2 Å². The lowest BCUT2D eigenvalue weighted by molar-refractivity contribution is 0.529. The minimum atomic E-state index is -0.00250. The minimum absolute atomic E-state index is 0.00250. The zero-order chi connectivity index (χ0) is 15.4. The van der Waals surface area contributed by atoms with E-state index < -0.39 is 0 Å². The van der Waals surface area contributed by atoms with Gasteiger partial charge in [-0.2, -0.15) is 5.10 Å². The van der Waals surface area contributed by atoms with Gasteiger partial charge >= 0.3 is 0 Å². The predicted molar refractivity (Wildman–Crippen MR) is 89.2 cm³/mol. The van der Waals surface area contributed by atoms with Gasteiger partial charge in [0.25, 0.3) is 0 Å². The van der Waals surface area contributed by atoms with Crippen LogP contribution < -0.4 is 5.32 Å². The number of halogens is 2. The van der Waals surface area contributed by atoms with Gasteiger partial charge < -0.3 is 5.32 Å². The molecule has 0 aliphatic heterocycles. The SMILES string of the molecule is CCCNC(c1cccc(Cl)c1Cl)c1cc(C)nn1CC. The second kappa shape index (κ2) is 7.30. The fraction of sp³-hybridized carbons (Fsp3) is 0.438. The lowest BCUT2D eigenvalue weighted by atomic mass is 10.0. The van der Waals surface area contributed by atoms with Crippen LogP contribution in [0.5, 0.6) is 0 Å². The first-order valence-corrected chi connectivity index (χ1v) is 8.05. The highest BCUT2D eigenvalue weighted by Gasteiger charge is 2.21. The fourth-order valence-electron chi connectivity index (χ4n) is 2.46. The van der Waals surface area contributed by atoms with E-state index in [1.807, 2.05) is 29.8 Å². The molecule has 1 aromatic heterocycles. The summed E-state index contributed by atoms with van der Waals surface area (Å²) in [7, 11) is 0. The van der Waals surface area contributed by atoms with Gasteiger partial charge in [0.1, 0.15) is 0 Å². The summed E-state index contributed by atoms with van der Waals surface area (Å²) in [6, 6.07) is 7.87. The number of nitrogens with one attached hydrogen (secondary N) is 1. The molecule has 1 unspecified atom stereocenters. The molecule has 0 aliphatic carbocycles. The van der Waals surface area contributed by atoms with Gasteiger partial charge in [-0.05, 0) is 44.5 Å². The number of hydrogen-bond acceptors (Lipinski definition) is 2. The summed E-state index contributed by atoms with van der Waals surface area (Å²) in [6.45, 7) is 7.97. The molecule has 2 rings (SSSR count). The molecule has 114 valence electrons. The summed E-state index contributed by atoms with van der Waals surface area (Å²) in [5, 5.41) is 9.28. The van der Waals surface area contributed by atoms with Gasteiger partial charge in [-0.15, -0.1) is 0 Å². The first-order valence-electron chi connectivity index (χ1n) is 7.30. The number of aryl methyl sites for hydroxylation is 2. The first kappa shape index (κ1) is 16.3. The molecule has 0 amide bonds. The quantitative estimate of drug-likeness (QED) is 0.840. The third-order valence-electron chi connectivity index (χ3n) is 3.42.